The number of benzene rings is 2. The summed E-state index contributed by atoms with van der Waals surface area (Å²) >= 11 is 0. The molecule has 0 radical (unpaired) electrons. The first-order valence-electron chi connectivity index (χ1n) is 7.62. The number of ether oxygens (including phenoxy) is 1. The first-order chi connectivity index (χ1) is 10.6. The van der Waals surface area contributed by atoms with E-state index in [-0.39, 0.29) is 11.8 Å². The van der Waals surface area contributed by atoms with Crippen molar-refractivity contribution in [2.75, 3.05) is 6.54 Å². The number of hydrogen-bond acceptors (Lipinski definition) is 2. The standard InChI is InChI=1S/C19H23NO2/c1-14-9-11-18(12-10-14)22-16(3)19(21)20-13-15(2)17-7-5-4-6-8-17/h4-12,15-16H,13H2,1-3H3,(H,20,21)/t15-,16-/m0/s1. The second kappa shape index (κ2) is 7.64. The van der Waals surface area contributed by atoms with Crippen LogP contribution in [0.3, 0.4) is 0 Å². The van der Waals surface area contributed by atoms with E-state index < -0.39 is 6.10 Å². The Labute approximate surface area is 132 Å². The Kier molecular flexibility index (Phi) is 5.59. The van der Waals surface area contributed by atoms with Crippen LogP contribution >= 0.6 is 0 Å². The number of rotatable bonds is 6. The highest BCUT2D eigenvalue weighted by molar-refractivity contribution is 5.80. The van der Waals surface area contributed by atoms with Crippen LogP contribution in [0.25, 0.3) is 0 Å². The highest BCUT2D eigenvalue weighted by Gasteiger charge is 2.15. The van der Waals surface area contributed by atoms with Gasteiger partial charge in [0.05, 0.1) is 0 Å². The summed E-state index contributed by atoms with van der Waals surface area (Å²) in [6.45, 7) is 6.48. The smallest absolute Gasteiger partial charge is 0.260 e. The van der Waals surface area contributed by atoms with E-state index in [1.807, 2.05) is 49.4 Å². The predicted octanol–water partition coefficient (Wildman–Crippen LogP) is 3.68. The Morgan fingerprint density at radius 3 is 2.32 bits per heavy atom. The number of carbonyl (C=O) groups is 1. The lowest BCUT2D eigenvalue weighted by atomic mass is 10.0. The van der Waals surface area contributed by atoms with Crippen molar-refractivity contribution in [3.8, 4) is 5.75 Å². The third-order valence-corrected chi connectivity index (χ3v) is 3.65. The van der Waals surface area contributed by atoms with Crippen molar-refractivity contribution in [1.82, 2.24) is 5.32 Å². The molecule has 0 saturated carbocycles. The molecule has 1 amide bonds. The van der Waals surface area contributed by atoms with E-state index in [2.05, 4.69) is 24.4 Å². The van der Waals surface area contributed by atoms with E-state index in [1.165, 1.54) is 11.1 Å². The lowest BCUT2D eigenvalue weighted by molar-refractivity contribution is -0.127. The molecular weight excluding hydrogens is 274 g/mol. The summed E-state index contributed by atoms with van der Waals surface area (Å²) in [4.78, 5) is 12.1. The van der Waals surface area contributed by atoms with Crippen LogP contribution in [0.4, 0.5) is 0 Å². The molecule has 0 aliphatic rings. The number of nitrogens with one attached hydrogen (secondary N) is 1. The second-order valence-corrected chi connectivity index (χ2v) is 5.63. The molecule has 0 unspecified atom stereocenters. The van der Waals surface area contributed by atoms with Gasteiger partial charge >= 0.3 is 0 Å². The molecule has 2 rings (SSSR count). The van der Waals surface area contributed by atoms with Crippen LogP contribution < -0.4 is 10.1 Å². The average molecular weight is 297 g/mol. The van der Waals surface area contributed by atoms with Crippen molar-refractivity contribution in [2.24, 2.45) is 0 Å². The molecule has 2 aromatic rings. The topological polar surface area (TPSA) is 38.3 Å². The summed E-state index contributed by atoms with van der Waals surface area (Å²) in [7, 11) is 0. The SMILES string of the molecule is Cc1ccc(O[C@@H](C)C(=O)NC[C@H](C)c2ccccc2)cc1. The fourth-order valence-electron chi connectivity index (χ4n) is 2.17. The molecule has 2 aromatic carbocycles. The Balaban J connectivity index is 1.82. The summed E-state index contributed by atoms with van der Waals surface area (Å²) in [6, 6.07) is 17.9. The summed E-state index contributed by atoms with van der Waals surface area (Å²) < 4.78 is 5.66. The van der Waals surface area contributed by atoms with Gasteiger partial charge in [-0.3, -0.25) is 4.79 Å². The van der Waals surface area contributed by atoms with Gasteiger partial charge in [0.2, 0.25) is 0 Å². The summed E-state index contributed by atoms with van der Waals surface area (Å²) in [5.74, 6) is 0.893. The van der Waals surface area contributed by atoms with E-state index in [0.29, 0.717) is 12.3 Å². The van der Waals surface area contributed by atoms with E-state index in [0.717, 1.165) is 0 Å². The van der Waals surface area contributed by atoms with Crippen molar-refractivity contribution in [3.05, 3.63) is 65.7 Å². The van der Waals surface area contributed by atoms with Gasteiger partial charge in [-0.15, -0.1) is 0 Å². The number of aryl methyl sites for hydroxylation is 1. The van der Waals surface area contributed by atoms with Crippen LogP contribution in [0.1, 0.15) is 30.9 Å². The van der Waals surface area contributed by atoms with E-state index in [4.69, 9.17) is 4.74 Å². The van der Waals surface area contributed by atoms with Gasteiger partial charge in [0.15, 0.2) is 6.10 Å². The number of amides is 1. The van der Waals surface area contributed by atoms with E-state index in [9.17, 15) is 4.79 Å². The van der Waals surface area contributed by atoms with Gasteiger partial charge in [-0.1, -0.05) is 55.0 Å². The van der Waals surface area contributed by atoms with Gasteiger partial charge in [-0.2, -0.15) is 0 Å². The van der Waals surface area contributed by atoms with Crippen LogP contribution in [0.2, 0.25) is 0 Å². The zero-order valence-electron chi connectivity index (χ0n) is 13.4. The van der Waals surface area contributed by atoms with E-state index in [1.54, 1.807) is 6.92 Å². The van der Waals surface area contributed by atoms with Crippen LogP contribution in [0.5, 0.6) is 5.75 Å². The largest absolute Gasteiger partial charge is 0.481 e. The van der Waals surface area contributed by atoms with Crippen molar-refractivity contribution >= 4 is 5.91 Å². The average Bonchev–Trinajstić information content (AvgIpc) is 2.55. The summed E-state index contributed by atoms with van der Waals surface area (Å²) in [5, 5.41) is 2.95. The molecule has 0 bridgehead atoms. The van der Waals surface area contributed by atoms with Gasteiger partial charge in [-0.25, -0.2) is 0 Å². The molecule has 0 aliphatic heterocycles. The Morgan fingerprint density at radius 2 is 1.68 bits per heavy atom. The number of hydrogen-bond donors (Lipinski definition) is 1. The lowest BCUT2D eigenvalue weighted by Crippen LogP contribution is -2.38. The Bertz CT molecular complexity index is 593. The quantitative estimate of drug-likeness (QED) is 0.883. The minimum absolute atomic E-state index is 0.0941. The van der Waals surface area contributed by atoms with Crippen molar-refractivity contribution in [3.63, 3.8) is 0 Å². The molecule has 0 saturated heterocycles. The van der Waals surface area contributed by atoms with Crippen LogP contribution in [0, 0.1) is 6.92 Å². The van der Waals surface area contributed by atoms with Crippen LogP contribution in [0.15, 0.2) is 54.6 Å². The molecule has 1 N–H and O–H groups in total. The predicted molar refractivity (Wildman–Crippen MR) is 89.1 cm³/mol. The minimum Gasteiger partial charge on any atom is -0.481 e. The maximum atomic E-state index is 12.1. The molecule has 116 valence electrons. The molecule has 0 fully saturated rings. The fourth-order valence-corrected chi connectivity index (χ4v) is 2.17. The molecule has 0 aliphatic carbocycles. The molecule has 2 atom stereocenters. The van der Waals surface area contributed by atoms with Gasteiger partial charge < -0.3 is 10.1 Å². The van der Waals surface area contributed by atoms with Crippen LogP contribution in [-0.4, -0.2) is 18.6 Å². The molecule has 0 spiro atoms. The Hall–Kier alpha value is -2.29. The monoisotopic (exact) mass is 297 g/mol. The third kappa shape index (κ3) is 4.62. The normalized spacial score (nSPS) is 13.2. The van der Waals surface area contributed by atoms with Crippen molar-refractivity contribution in [2.45, 2.75) is 32.8 Å². The van der Waals surface area contributed by atoms with Gasteiger partial charge in [-0.05, 0) is 37.5 Å². The molecule has 3 heteroatoms. The minimum atomic E-state index is -0.509. The van der Waals surface area contributed by atoms with Crippen LogP contribution in [-0.2, 0) is 4.79 Å². The zero-order chi connectivity index (χ0) is 15.9. The molecule has 0 heterocycles. The van der Waals surface area contributed by atoms with Crippen molar-refractivity contribution < 1.29 is 9.53 Å². The second-order valence-electron chi connectivity index (χ2n) is 5.63. The Morgan fingerprint density at radius 1 is 1.05 bits per heavy atom. The van der Waals surface area contributed by atoms with Gasteiger partial charge in [0, 0.05) is 6.54 Å². The first kappa shape index (κ1) is 16.1. The van der Waals surface area contributed by atoms with Gasteiger partial charge in [0.1, 0.15) is 5.75 Å². The first-order valence-corrected chi connectivity index (χ1v) is 7.62. The summed E-state index contributed by atoms with van der Waals surface area (Å²) in [6.07, 6.45) is -0.509. The fraction of sp³-hybridized carbons (Fsp3) is 0.316. The maximum absolute atomic E-state index is 12.1. The highest BCUT2D eigenvalue weighted by Crippen LogP contribution is 2.15. The molecule has 0 aromatic heterocycles. The van der Waals surface area contributed by atoms with E-state index >= 15 is 0 Å². The lowest BCUT2D eigenvalue weighted by Gasteiger charge is -2.17. The summed E-state index contributed by atoms with van der Waals surface area (Å²) in [5.41, 5.74) is 2.39. The highest BCUT2D eigenvalue weighted by atomic mass is 16.5. The van der Waals surface area contributed by atoms with Crippen molar-refractivity contribution in [1.29, 1.82) is 0 Å². The molecular formula is C19H23NO2. The maximum Gasteiger partial charge on any atom is 0.260 e. The third-order valence-electron chi connectivity index (χ3n) is 3.65. The zero-order valence-corrected chi connectivity index (χ0v) is 13.4. The molecule has 3 nitrogen and oxygen atoms in total. The van der Waals surface area contributed by atoms with Gasteiger partial charge in [0.25, 0.3) is 5.91 Å². The molecule has 22 heavy (non-hydrogen) atoms. The number of carbonyl (C=O) groups excluding carboxylic acids is 1.